The van der Waals surface area contributed by atoms with E-state index in [4.69, 9.17) is 0 Å². The van der Waals surface area contributed by atoms with Crippen molar-refractivity contribution in [3.05, 3.63) is 58.6 Å². The maximum atomic E-state index is 11.6. The number of pyridine rings is 1. The van der Waals surface area contributed by atoms with Crippen LogP contribution >= 0.6 is 0 Å². The van der Waals surface area contributed by atoms with Gasteiger partial charge in [0.2, 0.25) is 0 Å². The van der Waals surface area contributed by atoms with Crippen molar-refractivity contribution < 1.29 is 0 Å². The Bertz CT molecular complexity index is 744. The predicted octanol–water partition coefficient (Wildman–Crippen LogP) is 3.18. The summed E-state index contributed by atoms with van der Waals surface area (Å²) in [5.74, 6) is 0. The zero-order valence-corrected chi connectivity index (χ0v) is 10.8. The predicted molar refractivity (Wildman–Crippen MR) is 75.1 cm³/mol. The molecule has 0 aliphatic heterocycles. The fourth-order valence-electron chi connectivity index (χ4n) is 1.89. The van der Waals surface area contributed by atoms with E-state index < -0.39 is 0 Å². The second-order valence-electron chi connectivity index (χ2n) is 3.86. The van der Waals surface area contributed by atoms with Crippen LogP contribution in [0.15, 0.2) is 47.5 Å². The Balaban J connectivity index is 0.000000574. The Labute approximate surface area is 106 Å². The van der Waals surface area contributed by atoms with E-state index in [2.05, 4.69) is 4.98 Å². The first-order valence-electron chi connectivity index (χ1n) is 6.13. The second kappa shape index (κ2) is 5.00. The first-order valence-corrected chi connectivity index (χ1v) is 6.13. The molecule has 3 aromatic rings. The summed E-state index contributed by atoms with van der Waals surface area (Å²) in [6.07, 6.45) is 3.74. The quantitative estimate of drug-likeness (QED) is 0.565. The Kier molecular flexibility index (Phi) is 3.42. The molecular weight excluding hydrogens is 224 g/mol. The minimum Gasteiger partial charge on any atom is -0.308 e. The van der Waals surface area contributed by atoms with E-state index in [1.165, 1.54) is 0 Å². The van der Waals surface area contributed by atoms with Crippen molar-refractivity contribution in [1.82, 2.24) is 9.38 Å². The van der Waals surface area contributed by atoms with Crippen LogP contribution in [-0.4, -0.2) is 9.38 Å². The molecule has 2 heterocycles. The lowest BCUT2D eigenvalue weighted by molar-refractivity contribution is 1.05. The van der Waals surface area contributed by atoms with Crippen LogP contribution in [0.5, 0.6) is 0 Å². The van der Waals surface area contributed by atoms with Crippen LogP contribution in [0, 0.1) is 6.92 Å². The van der Waals surface area contributed by atoms with Gasteiger partial charge in [0.15, 0.2) is 0 Å². The number of fused-ring (bicyclic) bond motifs is 3. The second-order valence-corrected chi connectivity index (χ2v) is 3.86. The van der Waals surface area contributed by atoms with Crippen LogP contribution in [0.1, 0.15) is 19.4 Å². The van der Waals surface area contributed by atoms with Crippen LogP contribution in [0.2, 0.25) is 0 Å². The molecule has 0 radical (unpaired) electrons. The van der Waals surface area contributed by atoms with Crippen LogP contribution in [0.3, 0.4) is 0 Å². The van der Waals surface area contributed by atoms with Crippen LogP contribution in [0.4, 0.5) is 0 Å². The van der Waals surface area contributed by atoms with E-state index in [1.54, 1.807) is 6.92 Å². The van der Waals surface area contributed by atoms with Gasteiger partial charge in [-0.1, -0.05) is 38.1 Å². The molecule has 18 heavy (non-hydrogen) atoms. The van der Waals surface area contributed by atoms with Crippen molar-refractivity contribution >= 4 is 16.4 Å². The Morgan fingerprint density at radius 1 is 1.11 bits per heavy atom. The van der Waals surface area contributed by atoms with E-state index in [9.17, 15) is 4.79 Å². The number of benzene rings is 1. The monoisotopic (exact) mass is 240 g/mol. The average Bonchev–Trinajstić information content (AvgIpc) is 2.42. The van der Waals surface area contributed by atoms with Gasteiger partial charge in [0.05, 0.1) is 0 Å². The molecular formula is C15H16N2O. The number of nitrogens with zero attached hydrogens (tertiary/aromatic N) is 2. The van der Waals surface area contributed by atoms with Crippen molar-refractivity contribution in [2.45, 2.75) is 20.8 Å². The van der Waals surface area contributed by atoms with Gasteiger partial charge in [0.25, 0.3) is 5.56 Å². The first-order chi connectivity index (χ1) is 8.75. The topological polar surface area (TPSA) is 34.4 Å². The molecule has 0 saturated carbocycles. The Morgan fingerprint density at radius 3 is 2.61 bits per heavy atom. The maximum absolute atomic E-state index is 11.6. The van der Waals surface area contributed by atoms with Crippen molar-refractivity contribution in [2.75, 3.05) is 0 Å². The highest BCUT2D eigenvalue weighted by Crippen LogP contribution is 2.16. The zero-order valence-electron chi connectivity index (χ0n) is 10.8. The highest BCUT2D eigenvalue weighted by molar-refractivity contribution is 5.93. The molecule has 3 heteroatoms. The Morgan fingerprint density at radius 2 is 1.83 bits per heavy atom. The summed E-state index contributed by atoms with van der Waals surface area (Å²) in [4.78, 5) is 15.7. The molecule has 1 aromatic carbocycles. The summed E-state index contributed by atoms with van der Waals surface area (Å²) >= 11 is 0. The fraction of sp³-hybridized carbons (Fsp3) is 0.200. The summed E-state index contributed by atoms with van der Waals surface area (Å²) in [5.41, 5.74) is 1.22. The highest BCUT2D eigenvalue weighted by Gasteiger charge is 2.02. The lowest BCUT2D eigenvalue weighted by Gasteiger charge is -2.04. The molecule has 0 spiro atoms. The minimum atomic E-state index is -0.156. The van der Waals surface area contributed by atoms with Crippen molar-refractivity contribution in [2.24, 2.45) is 0 Å². The van der Waals surface area contributed by atoms with Gasteiger partial charge in [-0.2, -0.15) is 4.98 Å². The van der Waals surface area contributed by atoms with Gasteiger partial charge in [-0.05, 0) is 18.4 Å². The lowest BCUT2D eigenvalue weighted by atomic mass is 10.1. The smallest absolute Gasteiger partial charge is 0.276 e. The van der Waals surface area contributed by atoms with Gasteiger partial charge in [-0.15, -0.1) is 0 Å². The summed E-state index contributed by atoms with van der Waals surface area (Å²) in [7, 11) is 0. The maximum Gasteiger partial charge on any atom is 0.276 e. The summed E-state index contributed by atoms with van der Waals surface area (Å²) in [6, 6.07) is 9.95. The zero-order chi connectivity index (χ0) is 13.1. The number of hydrogen-bond acceptors (Lipinski definition) is 2. The van der Waals surface area contributed by atoms with Gasteiger partial charge in [-0.3, -0.25) is 4.79 Å². The van der Waals surface area contributed by atoms with Crippen LogP contribution in [-0.2, 0) is 0 Å². The van der Waals surface area contributed by atoms with Crippen molar-refractivity contribution in [1.29, 1.82) is 0 Å². The molecule has 0 aliphatic rings. The summed E-state index contributed by atoms with van der Waals surface area (Å²) < 4.78 is 1.89. The molecule has 0 N–H and O–H groups in total. The normalized spacial score (nSPS) is 10.2. The van der Waals surface area contributed by atoms with Gasteiger partial charge >= 0.3 is 0 Å². The van der Waals surface area contributed by atoms with Gasteiger partial charge in [-0.25, -0.2) is 0 Å². The number of aromatic nitrogens is 2. The summed E-state index contributed by atoms with van der Waals surface area (Å²) in [6.45, 7) is 5.77. The number of hydrogen-bond donors (Lipinski definition) is 0. The molecule has 0 fully saturated rings. The molecule has 92 valence electrons. The largest absolute Gasteiger partial charge is 0.308 e. The van der Waals surface area contributed by atoms with Crippen molar-refractivity contribution in [3.8, 4) is 0 Å². The number of rotatable bonds is 0. The molecule has 2 aromatic heterocycles. The molecule has 0 bridgehead atoms. The van der Waals surface area contributed by atoms with Crippen LogP contribution in [0.25, 0.3) is 16.4 Å². The van der Waals surface area contributed by atoms with Crippen molar-refractivity contribution in [3.63, 3.8) is 0 Å². The first kappa shape index (κ1) is 12.3. The Hall–Kier alpha value is -2.16. The number of aryl methyl sites for hydroxylation is 1. The van der Waals surface area contributed by atoms with E-state index in [0.717, 1.165) is 10.8 Å². The molecule has 0 unspecified atom stereocenters. The minimum absolute atomic E-state index is 0.156. The summed E-state index contributed by atoms with van der Waals surface area (Å²) in [5, 5.41) is 2.10. The molecule has 0 aliphatic carbocycles. The van der Waals surface area contributed by atoms with Gasteiger partial charge in [0, 0.05) is 23.3 Å². The third kappa shape index (κ3) is 1.99. The average molecular weight is 240 g/mol. The fourth-order valence-corrected chi connectivity index (χ4v) is 1.89. The van der Waals surface area contributed by atoms with E-state index in [-0.39, 0.29) is 5.56 Å². The highest BCUT2D eigenvalue weighted by atomic mass is 16.1. The lowest BCUT2D eigenvalue weighted by Crippen LogP contribution is -2.12. The van der Waals surface area contributed by atoms with E-state index in [1.807, 2.05) is 61.0 Å². The third-order valence-electron chi connectivity index (χ3n) is 2.74. The van der Waals surface area contributed by atoms with E-state index >= 15 is 0 Å². The SMILES string of the molecule is CC.Cc1cn2ccc3ccccc3c2nc1=O. The van der Waals surface area contributed by atoms with Gasteiger partial charge in [0.1, 0.15) is 5.65 Å². The molecule has 3 nitrogen and oxygen atoms in total. The molecule has 0 saturated heterocycles. The molecule has 0 atom stereocenters. The standard InChI is InChI=1S/C13H10N2O.C2H6/c1-9-8-15-7-6-10-4-2-3-5-11(10)12(15)14-13(9)16;1-2/h2-8H,1H3;1-2H3. The van der Waals surface area contributed by atoms with E-state index in [0.29, 0.717) is 11.2 Å². The van der Waals surface area contributed by atoms with Crippen LogP contribution < -0.4 is 5.56 Å². The molecule has 0 amide bonds. The third-order valence-corrected chi connectivity index (χ3v) is 2.74. The van der Waals surface area contributed by atoms with Gasteiger partial charge < -0.3 is 4.40 Å². The molecule has 3 rings (SSSR count).